The van der Waals surface area contributed by atoms with Gasteiger partial charge in [-0.25, -0.2) is 0 Å². The molecule has 19 heavy (non-hydrogen) atoms. The molecule has 1 heterocycles. The molecule has 0 bridgehead atoms. The summed E-state index contributed by atoms with van der Waals surface area (Å²) in [5.74, 6) is 0. The largest absolute Gasteiger partial charge is 0.392 e. The highest BCUT2D eigenvalue weighted by Gasteiger charge is 2.22. The van der Waals surface area contributed by atoms with E-state index in [1.54, 1.807) is 11.8 Å². The number of nitrogens with zero attached hydrogens (tertiary/aromatic N) is 2. The third-order valence-electron chi connectivity index (χ3n) is 3.99. The van der Waals surface area contributed by atoms with Gasteiger partial charge in [0, 0.05) is 35.3 Å². The van der Waals surface area contributed by atoms with Gasteiger partial charge in [-0.05, 0) is 51.4 Å². The number of aliphatic hydroxyl groups is 1. The number of anilines is 1. The van der Waals surface area contributed by atoms with Crippen LogP contribution >= 0.6 is 11.8 Å². The predicted molar refractivity (Wildman–Crippen MR) is 83.1 cm³/mol. The minimum atomic E-state index is 0.122. The van der Waals surface area contributed by atoms with Crippen LogP contribution in [-0.2, 0) is 6.61 Å². The molecule has 106 valence electrons. The van der Waals surface area contributed by atoms with Crippen molar-refractivity contribution in [1.29, 1.82) is 0 Å². The summed E-state index contributed by atoms with van der Waals surface area (Å²) in [7, 11) is 4.32. The number of rotatable bonds is 4. The summed E-state index contributed by atoms with van der Waals surface area (Å²) in [4.78, 5) is 5.95. The molecule has 0 unspecified atom stereocenters. The van der Waals surface area contributed by atoms with Crippen LogP contribution < -0.4 is 4.90 Å². The van der Waals surface area contributed by atoms with Crippen LogP contribution in [0, 0.1) is 0 Å². The van der Waals surface area contributed by atoms with Gasteiger partial charge in [-0.2, -0.15) is 0 Å². The van der Waals surface area contributed by atoms with Gasteiger partial charge in [-0.3, -0.25) is 0 Å². The zero-order chi connectivity index (χ0) is 13.8. The monoisotopic (exact) mass is 280 g/mol. The van der Waals surface area contributed by atoms with Crippen molar-refractivity contribution in [3.8, 4) is 0 Å². The Labute approximate surface area is 120 Å². The van der Waals surface area contributed by atoms with E-state index in [4.69, 9.17) is 0 Å². The molecule has 1 aliphatic heterocycles. The van der Waals surface area contributed by atoms with E-state index in [1.807, 2.05) is 0 Å². The minimum absolute atomic E-state index is 0.122. The number of thioether (sulfide) groups is 1. The second-order valence-corrected chi connectivity index (χ2v) is 6.21. The lowest BCUT2D eigenvalue weighted by Gasteiger charge is -2.37. The Bertz CT molecular complexity index is 415. The lowest BCUT2D eigenvalue weighted by Crippen LogP contribution is -2.42. The van der Waals surface area contributed by atoms with Gasteiger partial charge in [-0.1, -0.05) is 0 Å². The van der Waals surface area contributed by atoms with Gasteiger partial charge < -0.3 is 14.9 Å². The fourth-order valence-electron chi connectivity index (χ4n) is 2.75. The van der Waals surface area contributed by atoms with Crippen molar-refractivity contribution >= 4 is 17.4 Å². The molecule has 0 radical (unpaired) electrons. The first-order valence-corrected chi connectivity index (χ1v) is 8.07. The Hall–Kier alpha value is -0.710. The zero-order valence-corrected chi connectivity index (χ0v) is 12.9. The van der Waals surface area contributed by atoms with E-state index in [1.165, 1.54) is 23.4 Å². The molecule has 0 spiro atoms. The van der Waals surface area contributed by atoms with Crippen molar-refractivity contribution in [2.75, 3.05) is 38.3 Å². The molecule has 0 atom stereocenters. The first-order chi connectivity index (χ1) is 9.15. The number of aliphatic hydroxyl groups excluding tert-OH is 1. The third kappa shape index (κ3) is 3.44. The van der Waals surface area contributed by atoms with Crippen LogP contribution in [0.4, 0.5) is 5.69 Å². The minimum Gasteiger partial charge on any atom is -0.392 e. The topological polar surface area (TPSA) is 26.7 Å². The van der Waals surface area contributed by atoms with Crippen molar-refractivity contribution in [1.82, 2.24) is 4.90 Å². The molecule has 0 aromatic heterocycles. The van der Waals surface area contributed by atoms with Gasteiger partial charge in [0.1, 0.15) is 0 Å². The molecule has 1 aromatic rings. The maximum absolute atomic E-state index is 9.57. The van der Waals surface area contributed by atoms with Crippen molar-refractivity contribution in [3.05, 3.63) is 23.8 Å². The molecule has 1 fully saturated rings. The van der Waals surface area contributed by atoms with Crippen LogP contribution in [0.5, 0.6) is 0 Å². The summed E-state index contributed by atoms with van der Waals surface area (Å²) in [6.45, 7) is 2.28. The Morgan fingerprint density at radius 3 is 2.53 bits per heavy atom. The van der Waals surface area contributed by atoms with E-state index in [0.717, 1.165) is 18.7 Å². The summed E-state index contributed by atoms with van der Waals surface area (Å²) in [6.07, 6.45) is 4.46. The van der Waals surface area contributed by atoms with E-state index in [0.29, 0.717) is 6.04 Å². The van der Waals surface area contributed by atoms with Gasteiger partial charge >= 0.3 is 0 Å². The van der Waals surface area contributed by atoms with Crippen LogP contribution in [-0.4, -0.2) is 49.5 Å². The van der Waals surface area contributed by atoms with Crippen LogP contribution in [0.15, 0.2) is 23.1 Å². The van der Waals surface area contributed by atoms with E-state index < -0.39 is 0 Å². The van der Waals surface area contributed by atoms with Crippen LogP contribution in [0.25, 0.3) is 0 Å². The Kier molecular flexibility index (Phi) is 5.13. The van der Waals surface area contributed by atoms with E-state index in [2.05, 4.69) is 48.4 Å². The number of benzene rings is 1. The first kappa shape index (κ1) is 14.7. The average Bonchev–Trinajstić information content (AvgIpc) is 2.46. The maximum Gasteiger partial charge on any atom is 0.0702 e. The number of hydrogen-bond donors (Lipinski definition) is 1. The molecule has 4 heteroatoms. The quantitative estimate of drug-likeness (QED) is 0.857. The Morgan fingerprint density at radius 1 is 1.32 bits per heavy atom. The number of piperidine rings is 1. The molecule has 0 amide bonds. The molecule has 1 aromatic carbocycles. The average molecular weight is 280 g/mol. The smallest absolute Gasteiger partial charge is 0.0702 e. The third-order valence-corrected chi connectivity index (χ3v) is 4.72. The highest BCUT2D eigenvalue weighted by atomic mass is 32.2. The van der Waals surface area contributed by atoms with Gasteiger partial charge in [0.15, 0.2) is 0 Å². The van der Waals surface area contributed by atoms with E-state index >= 15 is 0 Å². The standard InChI is InChI=1S/C15H24N2OS/c1-16(2)13-6-8-17(9-7-13)15-5-4-14(19-3)10-12(15)11-18/h4-5,10,13,18H,6-9,11H2,1-3H3. The lowest BCUT2D eigenvalue weighted by atomic mass is 10.0. The van der Waals surface area contributed by atoms with Gasteiger partial charge in [-0.15, -0.1) is 11.8 Å². The fraction of sp³-hybridized carbons (Fsp3) is 0.600. The molecule has 1 saturated heterocycles. The van der Waals surface area contributed by atoms with Crippen LogP contribution in [0.1, 0.15) is 18.4 Å². The van der Waals surface area contributed by atoms with Crippen molar-refractivity contribution in [3.63, 3.8) is 0 Å². The Balaban J connectivity index is 2.10. The normalized spacial score (nSPS) is 17.2. The van der Waals surface area contributed by atoms with Gasteiger partial charge in [0.2, 0.25) is 0 Å². The van der Waals surface area contributed by atoms with Crippen LogP contribution in [0.3, 0.4) is 0 Å². The van der Waals surface area contributed by atoms with Gasteiger partial charge in [0.25, 0.3) is 0 Å². The summed E-state index contributed by atoms with van der Waals surface area (Å²) < 4.78 is 0. The zero-order valence-electron chi connectivity index (χ0n) is 12.1. The molecule has 0 saturated carbocycles. The summed E-state index contributed by atoms with van der Waals surface area (Å²) in [6, 6.07) is 7.11. The number of hydrogen-bond acceptors (Lipinski definition) is 4. The lowest BCUT2D eigenvalue weighted by molar-refractivity contribution is 0.248. The van der Waals surface area contributed by atoms with Crippen molar-refractivity contribution < 1.29 is 5.11 Å². The second kappa shape index (κ2) is 6.64. The second-order valence-electron chi connectivity index (χ2n) is 5.33. The molecule has 0 aliphatic carbocycles. The fourth-order valence-corrected chi connectivity index (χ4v) is 3.21. The molecule has 1 aliphatic rings. The summed E-state index contributed by atoms with van der Waals surface area (Å²) >= 11 is 1.72. The molecule has 2 rings (SSSR count). The van der Waals surface area contributed by atoms with E-state index in [-0.39, 0.29) is 6.61 Å². The highest BCUT2D eigenvalue weighted by molar-refractivity contribution is 7.98. The highest BCUT2D eigenvalue weighted by Crippen LogP contribution is 2.28. The Morgan fingerprint density at radius 2 is 2.00 bits per heavy atom. The molecular formula is C15H24N2OS. The molecular weight excluding hydrogens is 256 g/mol. The van der Waals surface area contributed by atoms with Crippen molar-refractivity contribution in [2.45, 2.75) is 30.4 Å². The maximum atomic E-state index is 9.57. The first-order valence-electron chi connectivity index (χ1n) is 6.85. The molecule has 3 nitrogen and oxygen atoms in total. The van der Waals surface area contributed by atoms with Crippen LogP contribution in [0.2, 0.25) is 0 Å². The van der Waals surface area contributed by atoms with E-state index in [9.17, 15) is 5.11 Å². The van der Waals surface area contributed by atoms with Gasteiger partial charge in [0.05, 0.1) is 6.61 Å². The summed E-state index contributed by atoms with van der Waals surface area (Å²) in [5, 5.41) is 9.57. The SMILES string of the molecule is CSc1ccc(N2CCC(N(C)C)CC2)c(CO)c1. The van der Waals surface area contributed by atoms with Crippen molar-refractivity contribution in [2.24, 2.45) is 0 Å². The predicted octanol–water partition coefficient (Wildman–Crippen LogP) is 2.43. The summed E-state index contributed by atoms with van der Waals surface area (Å²) in [5.41, 5.74) is 2.26. The molecule has 1 N–H and O–H groups in total.